The molecule has 0 aliphatic carbocycles. The van der Waals surface area contributed by atoms with Gasteiger partial charge in [0, 0.05) is 7.05 Å². The SMILES string of the molecule is CNc1ncc(-c2cc(F)ccc2OC)o1. The van der Waals surface area contributed by atoms with E-state index >= 15 is 0 Å². The molecule has 2 rings (SSSR count). The summed E-state index contributed by atoms with van der Waals surface area (Å²) < 4.78 is 23.6. The number of halogens is 1. The molecule has 0 amide bonds. The second kappa shape index (κ2) is 4.22. The molecule has 5 heteroatoms. The van der Waals surface area contributed by atoms with E-state index in [-0.39, 0.29) is 5.82 Å². The van der Waals surface area contributed by atoms with Crippen LogP contribution in [0.2, 0.25) is 0 Å². The van der Waals surface area contributed by atoms with Crippen molar-refractivity contribution < 1.29 is 13.5 Å². The van der Waals surface area contributed by atoms with Crippen LogP contribution < -0.4 is 10.1 Å². The lowest BCUT2D eigenvalue weighted by Gasteiger charge is -2.05. The Labute approximate surface area is 92.1 Å². The highest BCUT2D eigenvalue weighted by atomic mass is 19.1. The maximum absolute atomic E-state index is 13.1. The molecule has 0 bridgehead atoms. The highest BCUT2D eigenvalue weighted by molar-refractivity contribution is 5.65. The zero-order valence-corrected chi connectivity index (χ0v) is 8.95. The topological polar surface area (TPSA) is 47.3 Å². The van der Waals surface area contributed by atoms with Gasteiger partial charge in [-0.05, 0) is 18.2 Å². The summed E-state index contributed by atoms with van der Waals surface area (Å²) in [5.74, 6) is 0.652. The molecule has 0 aliphatic rings. The van der Waals surface area contributed by atoms with Crippen LogP contribution in [0.4, 0.5) is 10.4 Å². The van der Waals surface area contributed by atoms with E-state index < -0.39 is 0 Å². The van der Waals surface area contributed by atoms with Gasteiger partial charge in [-0.1, -0.05) is 0 Å². The third-order valence-corrected chi connectivity index (χ3v) is 2.15. The Bertz CT molecular complexity index is 496. The molecule has 16 heavy (non-hydrogen) atoms. The summed E-state index contributed by atoms with van der Waals surface area (Å²) in [5, 5.41) is 2.76. The molecule has 1 N–H and O–H groups in total. The van der Waals surface area contributed by atoms with E-state index in [0.29, 0.717) is 23.1 Å². The summed E-state index contributed by atoms with van der Waals surface area (Å²) in [6.07, 6.45) is 1.52. The van der Waals surface area contributed by atoms with Crippen LogP contribution in [-0.2, 0) is 0 Å². The minimum Gasteiger partial charge on any atom is -0.496 e. The lowest BCUT2D eigenvalue weighted by Crippen LogP contribution is -1.88. The average molecular weight is 222 g/mol. The standard InChI is InChI=1S/C11H11FN2O2/c1-13-11-14-6-10(16-11)8-5-7(12)3-4-9(8)15-2/h3-6H,1-2H3,(H,13,14). The Kier molecular flexibility index (Phi) is 2.76. The first-order valence-electron chi connectivity index (χ1n) is 4.72. The predicted octanol–water partition coefficient (Wildman–Crippen LogP) is 2.53. The van der Waals surface area contributed by atoms with Crippen LogP contribution in [0.25, 0.3) is 11.3 Å². The molecule has 84 valence electrons. The monoisotopic (exact) mass is 222 g/mol. The number of anilines is 1. The van der Waals surface area contributed by atoms with Crippen LogP contribution in [0.5, 0.6) is 5.75 Å². The molecule has 4 nitrogen and oxygen atoms in total. The van der Waals surface area contributed by atoms with Gasteiger partial charge in [-0.2, -0.15) is 0 Å². The van der Waals surface area contributed by atoms with Crippen molar-refractivity contribution in [1.29, 1.82) is 0 Å². The van der Waals surface area contributed by atoms with Gasteiger partial charge in [0.1, 0.15) is 11.6 Å². The second-order valence-electron chi connectivity index (χ2n) is 3.12. The van der Waals surface area contributed by atoms with Crippen LogP contribution in [0.15, 0.2) is 28.8 Å². The summed E-state index contributed by atoms with van der Waals surface area (Å²) in [6, 6.07) is 4.60. The number of benzene rings is 1. The zero-order chi connectivity index (χ0) is 11.5. The maximum atomic E-state index is 13.1. The van der Waals surface area contributed by atoms with Crippen molar-refractivity contribution in [3.8, 4) is 17.1 Å². The van der Waals surface area contributed by atoms with Gasteiger partial charge in [0.05, 0.1) is 18.9 Å². The minimum absolute atomic E-state index is 0.349. The number of oxazole rings is 1. The van der Waals surface area contributed by atoms with E-state index in [1.54, 1.807) is 13.1 Å². The lowest BCUT2D eigenvalue weighted by atomic mass is 10.1. The third kappa shape index (κ3) is 1.84. The predicted molar refractivity (Wildman–Crippen MR) is 58.0 cm³/mol. The molecular weight excluding hydrogens is 211 g/mol. The Morgan fingerprint density at radius 3 is 2.88 bits per heavy atom. The lowest BCUT2D eigenvalue weighted by molar-refractivity contribution is 0.413. The molecule has 1 aromatic carbocycles. The number of rotatable bonds is 3. The van der Waals surface area contributed by atoms with Crippen LogP contribution in [0.3, 0.4) is 0 Å². The summed E-state index contributed by atoms with van der Waals surface area (Å²) in [6.45, 7) is 0. The summed E-state index contributed by atoms with van der Waals surface area (Å²) >= 11 is 0. The molecule has 0 spiro atoms. The molecule has 0 radical (unpaired) electrons. The molecule has 2 aromatic rings. The zero-order valence-electron chi connectivity index (χ0n) is 8.95. The van der Waals surface area contributed by atoms with Gasteiger partial charge in [0.2, 0.25) is 0 Å². The Morgan fingerprint density at radius 1 is 1.44 bits per heavy atom. The fourth-order valence-corrected chi connectivity index (χ4v) is 1.39. The molecule has 1 aromatic heterocycles. The molecule has 0 saturated heterocycles. The van der Waals surface area contributed by atoms with E-state index in [9.17, 15) is 4.39 Å². The largest absolute Gasteiger partial charge is 0.496 e. The van der Waals surface area contributed by atoms with Crippen molar-refractivity contribution in [2.24, 2.45) is 0 Å². The Balaban J connectivity index is 2.49. The fourth-order valence-electron chi connectivity index (χ4n) is 1.39. The maximum Gasteiger partial charge on any atom is 0.294 e. The number of hydrogen-bond donors (Lipinski definition) is 1. The first-order chi connectivity index (χ1) is 7.74. The summed E-state index contributed by atoms with van der Waals surface area (Å²) in [5.41, 5.74) is 0.538. The van der Waals surface area contributed by atoms with E-state index in [2.05, 4.69) is 10.3 Å². The molecule has 0 atom stereocenters. The van der Waals surface area contributed by atoms with Crippen molar-refractivity contribution in [2.75, 3.05) is 19.5 Å². The number of methoxy groups -OCH3 is 1. The van der Waals surface area contributed by atoms with Crippen LogP contribution in [-0.4, -0.2) is 19.1 Å². The van der Waals surface area contributed by atoms with Gasteiger partial charge >= 0.3 is 0 Å². The number of nitrogens with one attached hydrogen (secondary N) is 1. The normalized spacial score (nSPS) is 10.2. The summed E-state index contributed by atoms with van der Waals surface area (Å²) in [4.78, 5) is 3.96. The van der Waals surface area contributed by atoms with Crippen LogP contribution in [0.1, 0.15) is 0 Å². The average Bonchev–Trinajstić information content (AvgIpc) is 2.77. The molecule has 0 aliphatic heterocycles. The van der Waals surface area contributed by atoms with E-state index in [1.807, 2.05) is 0 Å². The van der Waals surface area contributed by atoms with Gasteiger partial charge in [0.15, 0.2) is 5.76 Å². The number of hydrogen-bond acceptors (Lipinski definition) is 4. The van der Waals surface area contributed by atoms with Crippen LogP contribution in [0, 0.1) is 5.82 Å². The van der Waals surface area contributed by atoms with Gasteiger partial charge in [-0.3, -0.25) is 0 Å². The Hall–Kier alpha value is -2.04. The van der Waals surface area contributed by atoms with Crippen molar-refractivity contribution in [3.05, 3.63) is 30.2 Å². The number of nitrogens with zero attached hydrogens (tertiary/aromatic N) is 1. The Morgan fingerprint density at radius 2 is 2.25 bits per heavy atom. The van der Waals surface area contributed by atoms with Crippen molar-refractivity contribution in [3.63, 3.8) is 0 Å². The van der Waals surface area contributed by atoms with E-state index in [0.717, 1.165) is 0 Å². The van der Waals surface area contributed by atoms with Gasteiger partial charge in [-0.15, -0.1) is 0 Å². The number of ether oxygens (including phenoxy) is 1. The minimum atomic E-state index is -0.349. The molecule has 1 heterocycles. The first-order valence-corrected chi connectivity index (χ1v) is 4.72. The first kappa shape index (κ1) is 10.5. The smallest absolute Gasteiger partial charge is 0.294 e. The van der Waals surface area contributed by atoms with Gasteiger partial charge < -0.3 is 14.5 Å². The van der Waals surface area contributed by atoms with Crippen LogP contribution >= 0.6 is 0 Å². The van der Waals surface area contributed by atoms with E-state index in [4.69, 9.17) is 9.15 Å². The fraction of sp³-hybridized carbons (Fsp3) is 0.182. The van der Waals surface area contributed by atoms with Crippen molar-refractivity contribution in [2.45, 2.75) is 0 Å². The summed E-state index contributed by atoms with van der Waals surface area (Å²) in [7, 11) is 3.21. The molecule has 0 unspecified atom stereocenters. The highest BCUT2D eigenvalue weighted by Gasteiger charge is 2.11. The third-order valence-electron chi connectivity index (χ3n) is 2.15. The van der Waals surface area contributed by atoms with Gasteiger partial charge in [-0.25, -0.2) is 9.37 Å². The van der Waals surface area contributed by atoms with Crippen molar-refractivity contribution >= 4 is 6.01 Å². The number of aromatic nitrogens is 1. The molecular formula is C11H11FN2O2. The van der Waals surface area contributed by atoms with Crippen molar-refractivity contribution in [1.82, 2.24) is 4.98 Å². The second-order valence-corrected chi connectivity index (χ2v) is 3.12. The molecule has 0 saturated carbocycles. The molecule has 0 fully saturated rings. The highest BCUT2D eigenvalue weighted by Crippen LogP contribution is 2.31. The quantitative estimate of drug-likeness (QED) is 0.866. The van der Waals surface area contributed by atoms with E-state index in [1.165, 1.54) is 25.4 Å². The van der Waals surface area contributed by atoms with Gasteiger partial charge in [0.25, 0.3) is 6.01 Å².